The van der Waals surface area contributed by atoms with Crippen molar-refractivity contribution in [1.82, 2.24) is 4.72 Å². The van der Waals surface area contributed by atoms with Crippen LogP contribution in [0.3, 0.4) is 0 Å². The Morgan fingerprint density at radius 2 is 1.54 bits per heavy atom. The lowest BCUT2D eigenvalue weighted by Crippen LogP contribution is -2.26. The van der Waals surface area contributed by atoms with Crippen LogP contribution in [0.1, 0.15) is 11.1 Å². The number of halogens is 4. The van der Waals surface area contributed by atoms with Gasteiger partial charge in [-0.25, -0.2) is 21.9 Å². The van der Waals surface area contributed by atoms with Crippen LogP contribution in [0.15, 0.2) is 29.2 Å². The van der Waals surface area contributed by atoms with Gasteiger partial charge < -0.3 is 4.74 Å². The summed E-state index contributed by atoms with van der Waals surface area (Å²) in [6.07, 6.45) is 0. The highest BCUT2D eigenvalue weighted by Crippen LogP contribution is 2.32. The Bertz CT molecular complexity index is 856. The van der Waals surface area contributed by atoms with Crippen LogP contribution in [-0.4, -0.2) is 15.5 Å². The predicted molar refractivity (Wildman–Crippen MR) is 78.0 cm³/mol. The maximum absolute atomic E-state index is 13.9. The Labute approximate surface area is 136 Å². The lowest BCUT2D eigenvalue weighted by atomic mass is 10.1. The van der Waals surface area contributed by atoms with E-state index in [0.717, 1.165) is 12.7 Å². The molecule has 24 heavy (non-hydrogen) atoms. The van der Waals surface area contributed by atoms with E-state index in [1.165, 1.54) is 0 Å². The van der Waals surface area contributed by atoms with Crippen LogP contribution in [0.25, 0.3) is 0 Å². The third kappa shape index (κ3) is 3.22. The molecule has 0 atom stereocenters. The molecule has 4 nitrogen and oxygen atoms in total. The summed E-state index contributed by atoms with van der Waals surface area (Å²) in [5, 5.41) is 0. The zero-order chi connectivity index (χ0) is 18.1. The number of hydrogen-bond donors (Lipinski definition) is 1. The van der Waals surface area contributed by atoms with Crippen LogP contribution >= 0.6 is 0 Å². The zero-order valence-corrected chi connectivity index (χ0v) is 13.5. The van der Waals surface area contributed by atoms with Gasteiger partial charge in [0.25, 0.3) is 0 Å². The molecule has 0 saturated carbocycles. The molecule has 0 saturated heterocycles. The number of ether oxygens (including phenoxy) is 1. The van der Waals surface area contributed by atoms with Crippen molar-refractivity contribution >= 4 is 10.0 Å². The minimum absolute atomic E-state index is 0.302. The van der Waals surface area contributed by atoms with Crippen molar-refractivity contribution in [2.75, 3.05) is 7.11 Å². The molecule has 2 aromatic rings. The Hall–Kier alpha value is -2.13. The smallest absolute Gasteiger partial charge is 0.246 e. The molecule has 0 amide bonds. The summed E-state index contributed by atoms with van der Waals surface area (Å²) in [5.41, 5.74) is 1.27. The summed E-state index contributed by atoms with van der Waals surface area (Å²) in [5.74, 6) is -9.28. The number of rotatable bonds is 5. The molecule has 2 aromatic carbocycles. The van der Waals surface area contributed by atoms with Crippen molar-refractivity contribution in [2.24, 2.45) is 0 Å². The maximum Gasteiger partial charge on any atom is 0.246 e. The van der Waals surface area contributed by atoms with Crippen molar-refractivity contribution in [3.8, 4) is 5.75 Å². The lowest BCUT2D eigenvalue weighted by Gasteiger charge is -2.13. The second-order valence-corrected chi connectivity index (χ2v) is 6.57. The number of hydrogen-bond acceptors (Lipinski definition) is 3. The molecule has 2 rings (SSSR count). The van der Waals surface area contributed by atoms with Crippen molar-refractivity contribution in [3.63, 3.8) is 0 Å². The highest BCUT2D eigenvalue weighted by atomic mass is 32.2. The van der Waals surface area contributed by atoms with Crippen LogP contribution in [-0.2, 0) is 16.6 Å². The Morgan fingerprint density at radius 1 is 1.00 bits per heavy atom. The SMILES string of the molecule is COc1c(F)c(F)c(S(=O)(=O)NCc2ccccc2C)c(F)c1F. The molecule has 130 valence electrons. The average molecular weight is 363 g/mol. The van der Waals surface area contributed by atoms with Gasteiger partial charge in [-0.15, -0.1) is 0 Å². The van der Waals surface area contributed by atoms with Gasteiger partial charge in [-0.05, 0) is 18.1 Å². The molecule has 0 bridgehead atoms. The molecule has 0 radical (unpaired) electrons. The summed E-state index contributed by atoms with van der Waals surface area (Å²) in [7, 11) is -4.05. The Morgan fingerprint density at radius 3 is 2.04 bits per heavy atom. The van der Waals surface area contributed by atoms with E-state index in [0.29, 0.717) is 5.56 Å². The van der Waals surface area contributed by atoms with Crippen LogP contribution < -0.4 is 9.46 Å². The Kier molecular flexibility index (Phi) is 5.14. The second kappa shape index (κ2) is 6.78. The molecule has 0 aliphatic rings. The first-order valence-electron chi connectivity index (χ1n) is 6.64. The van der Waals surface area contributed by atoms with Gasteiger partial charge in [-0.3, -0.25) is 0 Å². The predicted octanol–water partition coefficient (Wildman–Crippen LogP) is 3.04. The van der Waals surface area contributed by atoms with Crippen LogP contribution in [0, 0.1) is 30.2 Å². The standard InChI is InChI=1S/C15H13F4NO3S/c1-8-5-3-4-6-9(8)7-20-24(21,22)15-12(18)10(16)14(23-2)11(17)13(15)19/h3-6,20H,7H2,1-2H3. The summed E-state index contributed by atoms with van der Waals surface area (Å²) >= 11 is 0. The third-order valence-corrected chi connectivity index (χ3v) is 4.79. The van der Waals surface area contributed by atoms with Crippen molar-refractivity contribution in [3.05, 3.63) is 58.7 Å². The molecular formula is C15H13F4NO3S. The molecule has 1 N–H and O–H groups in total. The average Bonchev–Trinajstić information content (AvgIpc) is 2.53. The largest absolute Gasteiger partial charge is 0.491 e. The molecule has 0 aliphatic carbocycles. The van der Waals surface area contributed by atoms with Crippen LogP contribution in [0.2, 0.25) is 0 Å². The highest BCUT2D eigenvalue weighted by Gasteiger charge is 2.33. The molecule has 9 heteroatoms. The Balaban J connectivity index is 2.45. The quantitative estimate of drug-likeness (QED) is 0.656. The van der Waals surface area contributed by atoms with Crippen molar-refractivity contribution in [2.45, 2.75) is 18.4 Å². The molecule has 0 unspecified atom stereocenters. The zero-order valence-electron chi connectivity index (χ0n) is 12.7. The first-order valence-corrected chi connectivity index (χ1v) is 8.13. The van der Waals surface area contributed by atoms with Gasteiger partial charge in [0, 0.05) is 6.54 Å². The van der Waals surface area contributed by atoms with E-state index in [9.17, 15) is 26.0 Å². The van der Waals surface area contributed by atoms with E-state index in [4.69, 9.17) is 0 Å². The molecule has 0 fully saturated rings. The fraction of sp³-hybridized carbons (Fsp3) is 0.200. The normalized spacial score (nSPS) is 11.6. The number of nitrogens with one attached hydrogen (secondary N) is 1. The minimum Gasteiger partial charge on any atom is -0.491 e. The van der Waals surface area contributed by atoms with Crippen LogP contribution in [0.5, 0.6) is 5.75 Å². The number of aryl methyl sites for hydroxylation is 1. The lowest BCUT2D eigenvalue weighted by molar-refractivity contribution is 0.322. The number of sulfonamides is 1. The van der Waals surface area contributed by atoms with E-state index in [-0.39, 0.29) is 6.54 Å². The summed E-state index contributed by atoms with van der Waals surface area (Å²) in [6, 6.07) is 6.67. The maximum atomic E-state index is 13.9. The molecule has 0 aliphatic heterocycles. The van der Waals surface area contributed by atoms with E-state index < -0.39 is 43.9 Å². The number of benzene rings is 2. The molecule has 0 spiro atoms. The monoisotopic (exact) mass is 363 g/mol. The minimum atomic E-state index is -4.84. The third-order valence-electron chi connectivity index (χ3n) is 3.37. The van der Waals surface area contributed by atoms with Gasteiger partial charge in [0.2, 0.25) is 21.7 Å². The van der Waals surface area contributed by atoms with Gasteiger partial charge in [-0.2, -0.15) is 8.78 Å². The topological polar surface area (TPSA) is 55.4 Å². The fourth-order valence-electron chi connectivity index (χ4n) is 2.06. The first-order chi connectivity index (χ1) is 11.2. The van der Waals surface area contributed by atoms with Crippen molar-refractivity contribution < 1.29 is 30.7 Å². The summed E-state index contributed by atoms with van der Waals surface area (Å²) in [4.78, 5) is -1.73. The van der Waals surface area contributed by atoms with Crippen molar-refractivity contribution in [1.29, 1.82) is 0 Å². The van der Waals surface area contributed by atoms with Gasteiger partial charge in [0.15, 0.2) is 22.3 Å². The van der Waals surface area contributed by atoms with Gasteiger partial charge in [0.05, 0.1) is 7.11 Å². The number of methoxy groups -OCH3 is 1. The molecular weight excluding hydrogens is 350 g/mol. The molecule has 0 aromatic heterocycles. The molecule has 0 heterocycles. The van der Waals surface area contributed by atoms with Gasteiger partial charge in [0.1, 0.15) is 0 Å². The van der Waals surface area contributed by atoms with E-state index in [2.05, 4.69) is 4.74 Å². The van der Waals surface area contributed by atoms with Crippen LogP contribution in [0.4, 0.5) is 17.6 Å². The van der Waals surface area contributed by atoms with Gasteiger partial charge in [-0.1, -0.05) is 24.3 Å². The fourth-order valence-corrected chi connectivity index (χ4v) is 3.20. The van der Waals surface area contributed by atoms with Gasteiger partial charge >= 0.3 is 0 Å². The summed E-state index contributed by atoms with van der Waals surface area (Å²) < 4.78 is 85.5. The van der Waals surface area contributed by atoms with E-state index in [1.807, 2.05) is 4.72 Å². The highest BCUT2D eigenvalue weighted by molar-refractivity contribution is 7.89. The second-order valence-electron chi connectivity index (χ2n) is 4.87. The van der Waals surface area contributed by atoms with E-state index in [1.54, 1.807) is 31.2 Å². The summed E-state index contributed by atoms with van der Waals surface area (Å²) in [6.45, 7) is 1.40. The van der Waals surface area contributed by atoms with E-state index >= 15 is 0 Å². The first kappa shape index (κ1) is 18.2.